The van der Waals surface area contributed by atoms with Crippen molar-refractivity contribution in [2.45, 2.75) is 31.6 Å². The van der Waals surface area contributed by atoms with Gasteiger partial charge in [0.1, 0.15) is 0 Å². The Morgan fingerprint density at radius 2 is 1.82 bits per heavy atom. The fourth-order valence-electron chi connectivity index (χ4n) is 4.70. The topological polar surface area (TPSA) is 49.4 Å². The molecule has 176 valence electrons. The molecule has 2 aromatic carbocycles. The Hall–Kier alpha value is -3.13. The Labute approximate surface area is 199 Å². The monoisotopic (exact) mass is 484 g/mol. The lowest BCUT2D eigenvalue weighted by Crippen LogP contribution is -2.41. The standard InChI is InChI=1S/C26H23F3N2O2S/c27-26(28,29)18-8-4-5-16(13-18)15-30-24(32)20-14-21(20)25(33)31-11-9-22-19(10-12-34-22)23(31)17-6-2-1-3-7-17/h1-8,10,12-13,20-21,23H,9,11,14-15H2,(H,30,32)/t20-,21+,23?/m0/s1. The summed E-state index contributed by atoms with van der Waals surface area (Å²) in [5, 5.41) is 4.76. The van der Waals surface area contributed by atoms with Crippen LogP contribution in [0.2, 0.25) is 0 Å². The van der Waals surface area contributed by atoms with Gasteiger partial charge in [0.05, 0.1) is 23.4 Å². The van der Waals surface area contributed by atoms with Gasteiger partial charge in [0.2, 0.25) is 11.8 Å². The summed E-state index contributed by atoms with van der Waals surface area (Å²) in [5.74, 6) is -1.17. The number of nitrogens with zero attached hydrogens (tertiary/aromatic N) is 1. The van der Waals surface area contributed by atoms with E-state index in [1.165, 1.54) is 10.9 Å². The normalized spacial score (nSPS) is 21.6. The molecule has 2 amide bonds. The van der Waals surface area contributed by atoms with Crippen molar-refractivity contribution in [2.24, 2.45) is 11.8 Å². The third-order valence-electron chi connectivity index (χ3n) is 6.53. The van der Waals surface area contributed by atoms with Crippen molar-refractivity contribution in [1.29, 1.82) is 0 Å². The molecule has 3 atom stereocenters. The average molecular weight is 485 g/mol. The van der Waals surface area contributed by atoms with Gasteiger partial charge in [-0.05, 0) is 53.1 Å². The van der Waals surface area contributed by atoms with Crippen LogP contribution in [0.1, 0.15) is 39.6 Å². The van der Waals surface area contributed by atoms with Gasteiger partial charge in [-0.2, -0.15) is 13.2 Å². The summed E-state index contributed by atoms with van der Waals surface area (Å²) < 4.78 is 38.8. The number of carbonyl (C=O) groups is 2. The van der Waals surface area contributed by atoms with E-state index in [2.05, 4.69) is 16.8 Å². The summed E-state index contributed by atoms with van der Waals surface area (Å²) in [7, 11) is 0. The zero-order valence-electron chi connectivity index (χ0n) is 18.2. The molecule has 34 heavy (non-hydrogen) atoms. The first kappa shape index (κ1) is 22.7. The number of alkyl halides is 3. The highest BCUT2D eigenvalue weighted by Crippen LogP contribution is 2.45. The summed E-state index contributed by atoms with van der Waals surface area (Å²) in [5.41, 5.74) is 1.81. The lowest BCUT2D eigenvalue weighted by atomic mass is 9.93. The van der Waals surface area contributed by atoms with Crippen molar-refractivity contribution in [2.75, 3.05) is 6.54 Å². The number of hydrogen-bond acceptors (Lipinski definition) is 3. The van der Waals surface area contributed by atoms with E-state index in [-0.39, 0.29) is 24.4 Å². The van der Waals surface area contributed by atoms with Crippen LogP contribution in [0.3, 0.4) is 0 Å². The second-order valence-electron chi connectivity index (χ2n) is 8.76. The van der Waals surface area contributed by atoms with E-state index in [1.54, 1.807) is 17.4 Å². The molecule has 5 rings (SSSR count). The summed E-state index contributed by atoms with van der Waals surface area (Å²) in [4.78, 5) is 29.3. The number of benzene rings is 2. The maximum atomic E-state index is 13.4. The Morgan fingerprint density at radius 3 is 2.59 bits per heavy atom. The lowest BCUT2D eigenvalue weighted by Gasteiger charge is -2.36. The molecule has 0 bridgehead atoms. The molecular formula is C26H23F3N2O2S. The number of nitrogens with one attached hydrogen (secondary N) is 1. The molecule has 1 saturated carbocycles. The molecule has 0 spiro atoms. The quantitative estimate of drug-likeness (QED) is 0.542. The summed E-state index contributed by atoms with van der Waals surface area (Å²) in [6, 6.07) is 16.7. The highest BCUT2D eigenvalue weighted by Gasteiger charge is 2.51. The van der Waals surface area contributed by atoms with Gasteiger partial charge in [-0.25, -0.2) is 0 Å². The SMILES string of the molecule is O=C(NCc1cccc(C(F)(F)F)c1)[C@H]1C[C@H]1C(=O)N1CCc2sccc2C1c1ccccc1. The summed E-state index contributed by atoms with van der Waals surface area (Å²) in [6.45, 7) is 0.593. The molecule has 1 aliphatic heterocycles. The van der Waals surface area contributed by atoms with Crippen LogP contribution in [0.25, 0.3) is 0 Å². The summed E-state index contributed by atoms with van der Waals surface area (Å²) >= 11 is 1.70. The van der Waals surface area contributed by atoms with E-state index >= 15 is 0 Å². The van der Waals surface area contributed by atoms with Gasteiger partial charge >= 0.3 is 6.18 Å². The van der Waals surface area contributed by atoms with Crippen LogP contribution in [0.15, 0.2) is 66.0 Å². The predicted molar refractivity (Wildman–Crippen MR) is 123 cm³/mol. The molecule has 2 aliphatic rings. The van der Waals surface area contributed by atoms with Crippen molar-refractivity contribution in [3.8, 4) is 0 Å². The second-order valence-corrected chi connectivity index (χ2v) is 9.76. The third kappa shape index (κ3) is 4.46. The smallest absolute Gasteiger partial charge is 0.352 e. The fraction of sp³-hybridized carbons (Fsp3) is 0.308. The minimum atomic E-state index is -4.43. The van der Waals surface area contributed by atoms with E-state index in [9.17, 15) is 22.8 Å². The van der Waals surface area contributed by atoms with Crippen molar-refractivity contribution in [3.05, 3.63) is 93.2 Å². The third-order valence-corrected chi connectivity index (χ3v) is 7.53. The Balaban J connectivity index is 1.25. The van der Waals surface area contributed by atoms with Gasteiger partial charge in [-0.3, -0.25) is 9.59 Å². The predicted octanol–water partition coefficient (Wildman–Crippen LogP) is 5.19. The Morgan fingerprint density at radius 1 is 1.03 bits per heavy atom. The van der Waals surface area contributed by atoms with E-state index < -0.39 is 23.6 Å². The Kier molecular flexibility index (Phi) is 5.93. The van der Waals surface area contributed by atoms with Crippen LogP contribution in [0.5, 0.6) is 0 Å². The first-order valence-electron chi connectivity index (χ1n) is 11.2. The molecule has 0 saturated heterocycles. The number of fused-ring (bicyclic) bond motifs is 1. The van der Waals surface area contributed by atoms with Gasteiger partial charge in [0, 0.05) is 18.0 Å². The highest BCUT2D eigenvalue weighted by atomic mass is 32.1. The molecule has 1 fully saturated rings. The van der Waals surface area contributed by atoms with Gasteiger partial charge in [0.25, 0.3) is 0 Å². The molecule has 1 aromatic heterocycles. The highest BCUT2D eigenvalue weighted by molar-refractivity contribution is 7.10. The largest absolute Gasteiger partial charge is 0.416 e. The van der Waals surface area contributed by atoms with Crippen LogP contribution in [-0.4, -0.2) is 23.3 Å². The van der Waals surface area contributed by atoms with Gasteiger partial charge < -0.3 is 10.2 Å². The zero-order valence-corrected chi connectivity index (χ0v) is 19.0. The molecule has 4 nitrogen and oxygen atoms in total. The minimum Gasteiger partial charge on any atom is -0.352 e. The van der Waals surface area contributed by atoms with Crippen LogP contribution >= 0.6 is 11.3 Å². The van der Waals surface area contributed by atoms with E-state index in [0.29, 0.717) is 18.5 Å². The van der Waals surface area contributed by atoms with Gasteiger partial charge in [0.15, 0.2) is 0 Å². The van der Waals surface area contributed by atoms with Gasteiger partial charge in [-0.15, -0.1) is 11.3 Å². The van der Waals surface area contributed by atoms with Crippen LogP contribution in [0.4, 0.5) is 13.2 Å². The second kappa shape index (κ2) is 8.91. The first-order valence-corrected chi connectivity index (χ1v) is 12.1. The molecule has 1 N–H and O–H groups in total. The van der Waals surface area contributed by atoms with Crippen molar-refractivity contribution in [1.82, 2.24) is 10.2 Å². The number of halogens is 3. The number of carbonyl (C=O) groups excluding carboxylic acids is 2. The van der Waals surface area contributed by atoms with Crippen LogP contribution in [0, 0.1) is 11.8 Å². The van der Waals surface area contributed by atoms with E-state index in [1.807, 2.05) is 35.2 Å². The molecule has 0 radical (unpaired) electrons. The number of thiophene rings is 1. The first-order chi connectivity index (χ1) is 16.3. The molecule has 8 heteroatoms. The lowest BCUT2D eigenvalue weighted by molar-refractivity contribution is -0.138. The fourth-order valence-corrected chi connectivity index (χ4v) is 5.60. The van der Waals surface area contributed by atoms with E-state index in [0.717, 1.165) is 29.7 Å². The molecular weight excluding hydrogens is 461 g/mol. The van der Waals surface area contributed by atoms with Gasteiger partial charge in [-0.1, -0.05) is 42.5 Å². The summed E-state index contributed by atoms with van der Waals surface area (Å²) in [6.07, 6.45) is -3.18. The maximum absolute atomic E-state index is 13.4. The molecule has 3 aromatic rings. The van der Waals surface area contributed by atoms with Crippen molar-refractivity contribution in [3.63, 3.8) is 0 Å². The average Bonchev–Trinajstić information content (AvgIpc) is 3.50. The van der Waals surface area contributed by atoms with E-state index in [4.69, 9.17) is 0 Å². The number of hydrogen-bond donors (Lipinski definition) is 1. The zero-order chi connectivity index (χ0) is 23.9. The minimum absolute atomic E-state index is 0.00518. The van der Waals surface area contributed by atoms with Crippen LogP contribution in [-0.2, 0) is 28.7 Å². The molecule has 1 aliphatic carbocycles. The molecule has 1 unspecified atom stereocenters. The maximum Gasteiger partial charge on any atom is 0.416 e. The number of rotatable bonds is 5. The molecule has 2 heterocycles. The van der Waals surface area contributed by atoms with Crippen LogP contribution < -0.4 is 5.32 Å². The number of amides is 2. The van der Waals surface area contributed by atoms with Crippen molar-refractivity contribution < 1.29 is 22.8 Å². The Bertz CT molecular complexity index is 1210. The van der Waals surface area contributed by atoms with Crippen molar-refractivity contribution >= 4 is 23.2 Å².